The van der Waals surface area contributed by atoms with Crippen molar-refractivity contribution in [3.05, 3.63) is 71.0 Å². The highest BCUT2D eigenvalue weighted by Gasteiger charge is 2.33. The molecule has 0 atom stereocenters. The van der Waals surface area contributed by atoms with Crippen molar-refractivity contribution in [3.63, 3.8) is 0 Å². The molecule has 2 N–H and O–H groups in total. The van der Waals surface area contributed by atoms with Gasteiger partial charge in [-0.3, -0.25) is 4.79 Å². The van der Waals surface area contributed by atoms with Crippen molar-refractivity contribution in [2.45, 2.75) is 18.4 Å². The van der Waals surface area contributed by atoms with Crippen LogP contribution >= 0.6 is 0 Å². The average Bonchev–Trinajstić information content (AvgIpc) is 2.64. The molecule has 1 fully saturated rings. The zero-order chi connectivity index (χ0) is 19.4. The third-order valence-corrected chi connectivity index (χ3v) is 4.97. The van der Waals surface area contributed by atoms with Crippen molar-refractivity contribution < 1.29 is 23.1 Å². The van der Waals surface area contributed by atoms with Crippen LogP contribution in [0.1, 0.15) is 28.8 Å². The van der Waals surface area contributed by atoms with Gasteiger partial charge in [0.1, 0.15) is 23.0 Å². The maximum absolute atomic E-state index is 13.6. The second-order valence-electron chi connectivity index (χ2n) is 6.73. The van der Waals surface area contributed by atoms with Crippen molar-refractivity contribution in [2.24, 2.45) is 0 Å². The van der Waals surface area contributed by atoms with Gasteiger partial charge >= 0.3 is 0 Å². The molecule has 2 aromatic carbocycles. The van der Waals surface area contributed by atoms with E-state index in [2.05, 4.69) is 10.2 Å². The lowest BCUT2D eigenvalue weighted by Crippen LogP contribution is -2.45. The number of nitrogens with one attached hydrogen (secondary N) is 1. The summed E-state index contributed by atoms with van der Waals surface area (Å²) < 4.78 is 40.2. The zero-order valence-electron chi connectivity index (χ0n) is 14.7. The van der Waals surface area contributed by atoms with Gasteiger partial charge in [0.05, 0.1) is 5.60 Å². The first-order valence-electron chi connectivity index (χ1n) is 8.82. The quantitative estimate of drug-likeness (QED) is 0.841. The summed E-state index contributed by atoms with van der Waals surface area (Å²) in [6.07, 6.45) is 0.961. The summed E-state index contributed by atoms with van der Waals surface area (Å²) in [5, 5.41) is 13.3. The Hall–Kier alpha value is -2.38. The number of benzene rings is 2. The van der Waals surface area contributed by atoms with E-state index in [4.69, 9.17) is 0 Å². The number of hydrogen-bond acceptors (Lipinski definition) is 3. The molecule has 0 aromatic heterocycles. The number of carbonyl (C=O) groups excluding carboxylic acids is 1. The zero-order valence-corrected chi connectivity index (χ0v) is 14.7. The number of nitrogens with zero attached hydrogens (tertiary/aromatic N) is 1. The molecule has 1 amide bonds. The Morgan fingerprint density at radius 3 is 2.22 bits per heavy atom. The van der Waals surface area contributed by atoms with Crippen LogP contribution in [0, 0.1) is 17.5 Å². The molecular formula is C20H21F3N2O2. The molecule has 7 heteroatoms. The van der Waals surface area contributed by atoms with Crippen molar-refractivity contribution in [1.29, 1.82) is 0 Å². The number of piperidine rings is 1. The van der Waals surface area contributed by atoms with E-state index < -0.39 is 28.7 Å². The molecule has 0 unspecified atom stereocenters. The van der Waals surface area contributed by atoms with E-state index >= 15 is 0 Å². The second kappa shape index (κ2) is 8.10. The van der Waals surface area contributed by atoms with Crippen LogP contribution in [0.5, 0.6) is 0 Å². The molecule has 4 nitrogen and oxygen atoms in total. The lowest BCUT2D eigenvalue weighted by atomic mass is 9.84. The van der Waals surface area contributed by atoms with Crippen LogP contribution in [-0.4, -0.2) is 42.1 Å². The standard InChI is InChI=1S/C20H21F3N2O2/c21-15-6-4-14(5-7-15)20(27)8-11-25(12-9-20)13-10-24-19(26)18-16(22)2-1-3-17(18)23/h1-7,27H,8-13H2,(H,24,26). The molecule has 0 aliphatic carbocycles. The molecule has 0 bridgehead atoms. The molecule has 2 aromatic rings. The van der Waals surface area contributed by atoms with E-state index in [-0.39, 0.29) is 12.4 Å². The number of halogens is 3. The highest BCUT2D eigenvalue weighted by Crippen LogP contribution is 2.32. The molecule has 1 saturated heterocycles. The smallest absolute Gasteiger partial charge is 0.257 e. The van der Waals surface area contributed by atoms with Gasteiger partial charge in [0.2, 0.25) is 0 Å². The fourth-order valence-corrected chi connectivity index (χ4v) is 3.33. The Bertz CT molecular complexity index is 783. The van der Waals surface area contributed by atoms with Gasteiger partial charge in [0.25, 0.3) is 5.91 Å². The lowest BCUT2D eigenvalue weighted by Gasteiger charge is -2.38. The maximum atomic E-state index is 13.6. The summed E-state index contributed by atoms with van der Waals surface area (Å²) in [4.78, 5) is 14.0. The minimum atomic E-state index is -0.996. The summed E-state index contributed by atoms with van der Waals surface area (Å²) in [5.74, 6) is -2.92. The summed E-state index contributed by atoms with van der Waals surface area (Å²) in [7, 11) is 0. The number of carbonyl (C=O) groups is 1. The molecule has 1 aliphatic rings. The molecule has 0 radical (unpaired) electrons. The highest BCUT2D eigenvalue weighted by atomic mass is 19.1. The Kier molecular flexibility index (Phi) is 5.82. The fourth-order valence-electron chi connectivity index (χ4n) is 3.33. The SMILES string of the molecule is O=C(NCCN1CCC(O)(c2ccc(F)cc2)CC1)c1c(F)cccc1F. The first-order valence-corrected chi connectivity index (χ1v) is 8.82. The Morgan fingerprint density at radius 1 is 1.04 bits per heavy atom. The van der Waals surface area contributed by atoms with E-state index in [1.54, 1.807) is 12.1 Å². The predicted octanol–water partition coefficient (Wildman–Crippen LogP) is 2.82. The summed E-state index contributed by atoms with van der Waals surface area (Å²) in [5.41, 5.74) is -0.891. The van der Waals surface area contributed by atoms with E-state index in [0.717, 1.165) is 12.1 Å². The molecule has 1 heterocycles. The first kappa shape index (κ1) is 19.4. The van der Waals surface area contributed by atoms with E-state index in [1.807, 2.05) is 0 Å². The topological polar surface area (TPSA) is 52.6 Å². The second-order valence-corrected chi connectivity index (χ2v) is 6.73. The van der Waals surface area contributed by atoms with Gasteiger partial charge in [-0.15, -0.1) is 0 Å². The number of hydrogen-bond donors (Lipinski definition) is 2. The van der Waals surface area contributed by atoms with Crippen LogP contribution in [0.3, 0.4) is 0 Å². The van der Waals surface area contributed by atoms with Crippen molar-refractivity contribution in [1.82, 2.24) is 10.2 Å². The van der Waals surface area contributed by atoms with Crippen LogP contribution in [0.4, 0.5) is 13.2 Å². The van der Waals surface area contributed by atoms with E-state index in [9.17, 15) is 23.1 Å². The lowest BCUT2D eigenvalue weighted by molar-refractivity contribution is -0.0255. The molecule has 27 heavy (non-hydrogen) atoms. The van der Waals surface area contributed by atoms with Crippen LogP contribution in [0.25, 0.3) is 0 Å². The highest BCUT2D eigenvalue weighted by molar-refractivity contribution is 5.94. The van der Waals surface area contributed by atoms with Crippen LogP contribution < -0.4 is 5.32 Å². The van der Waals surface area contributed by atoms with Crippen LogP contribution in [0.15, 0.2) is 42.5 Å². The third-order valence-electron chi connectivity index (χ3n) is 4.97. The first-order chi connectivity index (χ1) is 12.9. The van der Waals surface area contributed by atoms with Crippen LogP contribution in [0.2, 0.25) is 0 Å². The van der Waals surface area contributed by atoms with Gasteiger partial charge in [0.15, 0.2) is 0 Å². The Morgan fingerprint density at radius 2 is 1.63 bits per heavy atom. The Labute approximate surface area is 155 Å². The van der Waals surface area contributed by atoms with E-state index in [0.29, 0.717) is 38.0 Å². The number of aliphatic hydroxyl groups is 1. The van der Waals surface area contributed by atoms with Crippen molar-refractivity contribution in [3.8, 4) is 0 Å². The molecule has 1 aliphatic heterocycles. The molecular weight excluding hydrogens is 357 g/mol. The van der Waals surface area contributed by atoms with Crippen LogP contribution in [-0.2, 0) is 5.60 Å². The molecule has 0 spiro atoms. The van der Waals surface area contributed by atoms with Gasteiger partial charge in [-0.05, 0) is 42.7 Å². The van der Waals surface area contributed by atoms with Gasteiger partial charge in [0, 0.05) is 26.2 Å². The number of likely N-dealkylation sites (tertiary alicyclic amines) is 1. The number of rotatable bonds is 5. The monoisotopic (exact) mass is 378 g/mol. The maximum Gasteiger partial charge on any atom is 0.257 e. The van der Waals surface area contributed by atoms with Crippen molar-refractivity contribution in [2.75, 3.05) is 26.2 Å². The molecule has 144 valence electrons. The molecule has 0 saturated carbocycles. The van der Waals surface area contributed by atoms with Crippen molar-refractivity contribution >= 4 is 5.91 Å². The van der Waals surface area contributed by atoms with E-state index in [1.165, 1.54) is 18.2 Å². The summed E-state index contributed by atoms with van der Waals surface area (Å²) >= 11 is 0. The third kappa shape index (κ3) is 4.48. The van der Waals surface area contributed by atoms with Gasteiger partial charge in [-0.25, -0.2) is 13.2 Å². The predicted molar refractivity (Wildman–Crippen MR) is 94.7 cm³/mol. The normalized spacial score (nSPS) is 16.9. The van der Waals surface area contributed by atoms with Gasteiger partial charge < -0.3 is 15.3 Å². The number of amides is 1. The molecule has 3 rings (SSSR count). The minimum Gasteiger partial charge on any atom is -0.385 e. The van der Waals surface area contributed by atoms with Gasteiger partial charge in [-0.2, -0.15) is 0 Å². The fraction of sp³-hybridized carbons (Fsp3) is 0.350. The van der Waals surface area contributed by atoms with Gasteiger partial charge in [-0.1, -0.05) is 18.2 Å². The Balaban J connectivity index is 1.48. The average molecular weight is 378 g/mol. The minimum absolute atomic E-state index is 0.238. The largest absolute Gasteiger partial charge is 0.385 e. The summed E-state index contributed by atoms with van der Waals surface area (Å²) in [6, 6.07) is 9.13. The summed E-state index contributed by atoms with van der Waals surface area (Å²) in [6.45, 7) is 1.93.